The second-order valence-corrected chi connectivity index (χ2v) is 5.24. The fourth-order valence-corrected chi connectivity index (χ4v) is 3.18. The molecule has 0 aromatic carbocycles. The highest BCUT2D eigenvalue weighted by Crippen LogP contribution is 2.26. The van der Waals surface area contributed by atoms with Gasteiger partial charge in [0, 0.05) is 39.8 Å². The van der Waals surface area contributed by atoms with Crippen molar-refractivity contribution >= 4 is 5.91 Å². The van der Waals surface area contributed by atoms with E-state index >= 15 is 0 Å². The van der Waals surface area contributed by atoms with Gasteiger partial charge in [0.15, 0.2) is 0 Å². The largest absolute Gasteiger partial charge is 0.381 e. The van der Waals surface area contributed by atoms with E-state index in [2.05, 4.69) is 15.5 Å². The predicted molar refractivity (Wildman–Crippen MR) is 70.5 cm³/mol. The minimum absolute atomic E-state index is 0.00663. The maximum absolute atomic E-state index is 11.9. The molecular formula is C13H25N3O2. The molecular weight excluding hydrogens is 230 g/mol. The Bertz CT molecular complexity index is 277. The third-order valence-corrected chi connectivity index (χ3v) is 4.28. The van der Waals surface area contributed by atoms with Crippen molar-refractivity contribution in [3.05, 3.63) is 0 Å². The quantitative estimate of drug-likeness (QED) is 0.743. The van der Waals surface area contributed by atoms with Crippen LogP contribution in [0.3, 0.4) is 0 Å². The van der Waals surface area contributed by atoms with Gasteiger partial charge < -0.3 is 15.4 Å². The zero-order valence-corrected chi connectivity index (χ0v) is 11.4. The molecule has 5 nitrogen and oxygen atoms in total. The van der Waals surface area contributed by atoms with Gasteiger partial charge in [-0.3, -0.25) is 9.69 Å². The minimum atomic E-state index is -0.00663. The van der Waals surface area contributed by atoms with Crippen LogP contribution >= 0.6 is 0 Å². The van der Waals surface area contributed by atoms with Crippen molar-refractivity contribution in [2.75, 3.05) is 33.8 Å². The number of carbonyl (C=O) groups is 1. The van der Waals surface area contributed by atoms with E-state index in [0.717, 1.165) is 45.3 Å². The Morgan fingerprint density at radius 1 is 1.33 bits per heavy atom. The highest BCUT2D eigenvalue weighted by molar-refractivity contribution is 5.81. The topological polar surface area (TPSA) is 53.6 Å². The van der Waals surface area contributed by atoms with Gasteiger partial charge in [-0.2, -0.15) is 0 Å². The SMILES string of the molecule is CNC(=O)C1CNCCN1C1CCC(OC)CC1. The minimum Gasteiger partial charge on any atom is -0.381 e. The van der Waals surface area contributed by atoms with E-state index in [-0.39, 0.29) is 11.9 Å². The number of hydrogen-bond donors (Lipinski definition) is 2. The van der Waals surface area contributed by atoms with Crippen LogP contribution in [0.2, 0.25) is 0 Å². The summed E-state index contributed by atoms with van der Waals surface area (Å²) in [5.74, 6) is 0.135. The first-order valence-electron chi connectivity index (χ1n) is 6.97. The van der Waals surface area contributed by atoms with E-state index in [1.165, 1.54) is 0 Å². The van der Waals surface area contributed by atoms with Gasteiger partial charge in [-0.25, -0.2) is 0 Å². The van der Waals surface area contributed by atoms with Gasteiger partial charge in [-0.15, -0.1) is 0 Å². The summed E-state index contributed by atoms with van der Waals surface area (Å²) in [6, 6.07) is 0.536. The lowest BCUT2D eigenvalue weighted by atomic mass is 9.90. The van der Waals surface area contributed by atoms with Gasteiger partial charge >= 0.3 is 0 Å². The summed E-state index contributed by atoms with van der Waals surface area (Å²) in [6.07, 6.45) is 4.94. The van der Waals surface area contributed by atoms with Gasteiger partial charge in [0.25, 0.3) is 0 Å². The van der Waals surface area contributed by atoms with E-state index in [0.29, 0.717) is 12.1 Å². The molecule has 0 bridgehead atoms. The summed E-state index contributed by atoms with van der Waals surface area (Å²) < 4.78 is 5.41. The first kappa shape index (κ1) is 13.8. The van der Waals surface area contributed by atoms with Gasteiger partial charge in [0.2, 0.25) is 5.91 Å². The van der Waals surface area contributed by atoms with E-state index in [9.17, 15) is 4.79 Å². The average molecular weight is 255 g/mol. The van der Waals surface area contributed by atoms with Gasteiger partial charge in [-0.05, 0) is 25.7 Å². The molecule has 1 amide bonds. The lowest BCUT2D eigenvalue weighted by Crippen LogP contribution is -2.60. The van der Waals surface area contributed by atoms with Crippen molar-refractivity contribution < 1.29 is 9.53 Å². The van der Waals surface area contributed by atoms with Gasteiger partial charge in [0.05, 0.1) is 6.10 Å². The Morgan fingerprint density at radius 3 is 2.67 bits per heavy atom. The zero-order chi connectivity index (χ0) is 13.0. The molecule has 5 heteroatoms. The molecule has 0 aromatic rings. The standard InChI is InChI=1S/C13H25N3O2/c1-14-13(17)12-9-15-7-8-16(12)10-3-5-11(18-2)6-4-10/h10-12,15H,3-9H2,1-2H3,(H,14,17). The summed E-state index contributed by atoms with van der Waals surface area (Å²) >= 11 is 0. The molecule has 1 unspecified atom stereocenters. The Balaban J connectivity index is 1.95. The van der Waals surface area contributed by atoms with Crippen molar-refractivity contribution in [1.29, 1.82) is 0 Å². The summed E-state index contributed by atoms with van der Waals surface area (Å²) in [7, 11) is 3.51. The fourth-order valence-electron chi connectivity index (χ4n) is 3.18. The molecule has 2 aliphatic rings. The zero-order valence-electron chi connectivity index (χ0n) is 11.4. The molecule has 2 fully saturated rings. The van der Waals surface area contributed by atoms with E-state index in [4.69, 9.17) is 4.74 Å². The highest BCUT2D eigenvalue weighted by Gasteiger charge is 2.34. The van der Waals surface area contributed by atoms with Gasteiger partial charge in [0.1, 0.15) is 6.04 Å². The lowest BCUT2D eigenvalue weighted by molar-refractivity contribution is -0.128. The summed E-state index contributed by atoms with van der Waals surface area (Å²) in [5.41, 5.74) is 0. The number of hydrogen-bond acceptors (Lipinski definition) is 4. The van der Waals surface area contributed by atoms with Crippen molar-refractivity contribution in [2.24, 2.45) is 0 Å². The molecule has 1 atom stereocenters. The van der Waals surface area contributed by atoms with Crippen LogP contribution in [0, 0.1) is 0 Å². The smallest absolute Gasteiger partial charge is 0.238 e. The molecule has 1 saturated heterocycles. The molecule has 2 N–H and O–H groups in total. The van der Waals surface area contributed by atoms with E-state index in [1.54, 1.807) is 14.2 Å². The normalized spacial score (nSPS) is 34.2. The lowest BCUT2D eigenvalue weighted by Gasteiger charge is -2.43. The molecule has 0 radical (unpaired) electrons. The van der Waals surface area contributed by atoms with Crippen LogP contribution in [-0.4, -0.2) is 62.8 Å². The first-order valence-corrected chi connectivity index (χ1v) is 6.97. The maximum Gasteiger partial charge on any atom is 0.238 e. The number of rotatable bonds is 3. The summed E-state index contributed by atoms with van der Waals surface area (Å²) in [5, 5.41) is 6.09. The Hall–Kier alpha value is -0.650. The maximum atomic E-state index is 11.9. The van der Waals surface area contributed by atoms with E-state index in [1.807, 2.05) is 0 Å². The van der Waals surface area contributed by atoms with Crippen LogP contribution in [0.4, 0.5) is 0 Å². The number of nitrogens with zero attached hydrogens (tertiary/aromatic N) is 1. The van der Waals surface area contributed by atoms with Crippen molar-refractivity contribution in [3.8, 4) is 0 Å². The van der Waals surface area contributed by atoms with Crippen LogP contribution in [-0.2, 0) is 9.53 Å². The number of carbonyl (C=O) groups excluding carboxylic acids is 1. The monoisotopic (exact) mass is 255 g/mol. The van der Waals surface area contributed by atoms with Crippen molar-refractivity contribution in [2.45, 2.75) is 43.9 Å². The Labute approximate surface area is 109 Å². The molecule has 18 heavy (non-hydrogen) atoms. The van der Waals surface area contributed by atoms with Crippen LogP contribution in [0.1, 0.15) is 25.7 Å². The molecule has 0 spiro atoms. The first-order chi connectivity index (χ1) is 8.76. The number of methoxy groups -OCH3 is 1. The number of nitrogens with one attached hydrogen (secondary N) is 2. The molecule has 1 heterocycles. The third-order valence-electron chi connectivity index (χ3n) is 4.28. The molecule has 0 aromatic heterocycles. The second-order valence-electron chi connectivity index (χ2n) is 5.24. The molecule has 1 aliphatic heterocycles. The van der Waals surface area contributed by atoms with E-state index < -0.39 is 0 Å². The Kier molecular flexibility index (Phi) is 4.97. The van der Waals surface area contributed by atoms with Crippen LogP contribution in [0.5, 0.6) is 0 Å². The molecule has 104 valence electrons. The molecule has 1 aliphatic carbocycles. The summed E-state index contributed by atoms with van der Waals surface area (Å²) in [4.78, 5) is 14.3. The predicted octanol–water partition coefficient (Wildman–Crippen LogP) is -0.0362. The molecule has 2 rings (SSSR count). The summed E-state index contributed by atoms with van der Waals surface area (Å²) in [6.45, 7) is 2.72. The van der Waals surface area contributed by atoms with Crippen molar-refractivity contribution in [1.82, 2.24) is 15.5 Å². The van der Waals surface area contributed by atoms with Crippen LogP contribution in [0.15, 0.2) is 0 Å². The molecule has 1 saturated carbocycles. The number of amides is 1. The number of ether oxygens (including phenoxy) is 1. The second kappa shape index (κ2) is 6.50. The van der Waals surface area contributed by atoms with Crippen molar-refractivity contribution in [3.63, 3.8) is 0 Å². The van der Waals surface area contributed by atoms with Crippen LogP contribution in [0.25, 0.3) is 0 Å². The number of likely N-dealkylation sites (N-methyl/N-ethyl adjacent to an activating group) is 1. The Morgan fingerprint density at radius 2 is 2.06 bits per heavy atom. The fraction of sp³-hybridized carbons (Fsp3) is 0.923. The average Bonchev–Trinajstić information content (AvgIpc) is 2.46. The highest BCUT2D eigenvalue weighted by atomic mass is 16.5. The van der Waals surface area contributed by atoms with Gasteiger partial charge in [-0.1, -0.05) is 0 Å². The third kappa shape index (κ3) is 3.02. The number of piperazine rings is 1. The van der Waals surface area contributed by atoms with Crippen LogP contribution < -0.4 is 10.6 Å².